The molecule has 0 spiro atoms. The zero-order valence-electron chi connectivity index (χ0n) is 32.8. The number of carbonyl (C=O) groups excluding carboxylic acids is 4. The van der Waals surface area contributed by atoms with Crippen molar-refractivity contribution in [1.82, 2.24) is 39.4 Å². The molecule has 2 fully saturated rings. The van der Waals surface area contributed by atoms with Gasteiger partial charge in [0.2, 0.25) is 23.6 Å². The van der Waals surface area contributed by atoms with Gasteiger partial charge >= 0.3 is 0 Å². The van der Waals surface area contributed by atoms with E-state index in [4.69, 9.17) is 9.72 Å². The van der Waals surface area contributed by atoms with Gasteiger partial charge in [-0.25, -0.2) is 18.4 Å². The van der Waals surface area contributed by atoms with E-state index in [-0.39, 0.29) is 42.2 Å². The van der Waals surface area contributed by atoms with E-state index in [9.17, 15) is 19.2 Å². The molecular formula is C42H45F2N9O5. The number of aromatic nitrogens is 5. The molecule has 0 saturated carbocycles. The summed E-state index contributed by atoms with van der Waals surface area (Å²) >= 11 is 0. The van der Waals surface area contributed by atoms with E-state index in [1.165, 1.54) is 12.1 Å². The molecule has 2 saturated heterocycles. The van der Waals surface area contributed by atoms with E-state index in [1.807, 2.05) is 24.6 Å². The smallest absolute Gasteiger partial charge is 0.258 e. The predicted molar refractivity (Wildman–Crippen MR) is 210 cm³/mol. The molecule has 0 aliphatic carbocycles. The Morgan fingerprint density at radius 3 is 2.53 bits per heavy atom. The molecule has 2 N–H and O–H groups in total. The maximum Gasteiger partial charge on any atom is 0.258 e. The quantitative estimate of drug-likeness (QED) is 0.226. The summed E-state index contributed by atoms with van der Waals surface area (Å²) < 4.78 is 39.9. The molecule has 16 heteroatoms. The highest BCUT2D eigenvalue weighted by atomic mass is 19.1. The van der Waals surface area contributed by atoms with Gasteiger partial charge in [-0.3, -0.25) is 39.7 Å². The molecule has 3 aliphatic rings. The van der Waals surface area contributed by atoms with Gasteiger partial charge in [-0.15, -0.1) is 0 Å². The van der Waals surface area contributed by atoms with Gasteiger partial charge in [0, 0.05) is 69.1 Å². The topological polar surface area (TPSA) is 157 Å². The van der Waals surface area contributed by atoms with Crippen molar-refractivity contribution in [3.8, 4) is 17.1 Å². The predicted octanol–water partition coefficient (Wildman–Crippen LogP) is 5.00. The summed E-state index contributed by atoms with van der Waals surface area (Å²) in [5.74, 6) is -3.12. The van der Waals surface area contributed by atoms with Crippen LogP contribution in [-0.4, -0.2) is 97.1 Å². The Kier molecular flexibility index (Phi) is 10.5. The first kappa shape index (κ1) is 38.8. The first-order chi connectivity index (χ1) is 27.8. The number of likely N-dealkylation sites (N-methyl/N-ethyl adjacent to an activating group) is 1. The second kappa shape index (κ2) is 15.7. The van der Waals surface area contributed by atoms with Crippen LogP contribution in [0.1, 0.15) is 76.1 Å². The third-order valence-electron chi connectivity index (χ3n) is 11.4. The number of halogens is 2. The van der Waals surface area contributed by atoms with Gasteiger partial charge in [0.15, 0.2) is 0 Å². The molecule has 2 aromatic carbocycles. The van der Waals surface area contributed by atoms with E-state index in [0.717, 1.165) is 18.4 Å². The summed E-state index contributed by atoms with van der Waals surface area (Å²) in [5.41, 5.74) is 4.37. The highest BCUT2D eigenvalue weighted by Gasteiger charge is 2.35. The number of amides is 4. The van der Waals surface area contributed by atoms with Crippen molar-refractivity contribution < 1.29 is 32.7 Å². The number of imidazole rings is 1. The van der Waals surface area contributed by atoms with Crippen molar-refractivity contribution in [2.24, 2.45) is 13.0 Å². The Balaban J connectivity index is 0.953. The van der Waals surface area contributed by atoms with Gasteiger partial charge in [0.1, 0.15) is 11.6 Å². The summed E-state index contributed by atoms with van der Waals surface area (Å²) in [5, 5.41) is 9.56. The van der Waals surface area contributed by atoms with E-state index in [1.54, 1.807) is 47.1 Å². The molecule has 0 radical (unpaired) electrons. The van der Waals surface area contributed by atoms with Crippen LogP contribution in [0.25, 0.3) is 22.3 Å². The van der Waals surface area contributed by atoms with Crippen LogP contribution in [0.3, 0.4) is 0 Å². The number of hydrogen-bond acceptors (Lipinski definition) is 9. The molecular weight excluding hydrogens is 749 g/mol. The average Bonchev–Trinajstić information content (AvgIpc) is 3.70. The highest BCUT2D eigenvalue weighted by Crippen LogP contribution is 2.33. The fourth-order valence-electron chi connectivity index (χ4n) is 8.13. The van der Waals surface area contributed by atoms with Crippen molar-refractivity contribution in [2.75, 3.05) is 38.6 Å². The Labute approximate surface area is 333 Å². The minimum absolute atomic E-state index is 0.0307. The van der Waals surface area contributed by atoms with Gasteiger partial charge in [0.25, 0.3) is 11.8 Å². The van der Waals surface area contributed by atoms with Crippen LogP contribution in [0.2, 0.25) is 0 Å². The Bertz CT molecular complexity index is 2430. The van der Waals surface area contributed by atoms with Gasteiger partial charge < -0.3 is 14.2 Å². The summed E-state index contributed by atoms with van der Waals surface area (Å²) in [6.45, 7) is 6.71. The summed E-state index contributed by atoms with van der Waals surface area (Å²) in [7, 11) is 3.58. The van der Waals surface area contributed by atoms with Crippen LogP contribution >= 0.6 is 0 Å². The lowest BCUT2D eigenvalue weighted by Gasteiger charge is -2.44. The third kappa shape index (κ3) is 7.67. The molecule has 2 bridgehead atoms. The number of likely N-dealkylation sites (tertiary alicyclic amines) is 1. The second-order valence-electron chi connectivity index (χ2n) is 15.7. The number of carbonyl (C=O) groups is 4. The number of aryl methyl sites for hydroxylation is 2. The Hall–Kier alpha value is -6.03. The molecule has 14 nitrogen and oxygen atoms in total. The number of rotatable bonds is 6. The minimum Gasteiger partial charge on any atom is -0.477 e. The minimum atomic E-state index is -1.04. The van der Waals surface area contributed by atoms with Crippen LogP contribution in [0.5, 0.6) is 5.88 Å². The highest BCUT2D eigenvalue weighted by molar-refractivity contribution is 6.05. The Morgan fingerprint density at radius 2 is 1.78 bits per heavy atom. The summed E-state index contributed by atoms with van der Waals surface area (Å²) in [6, 6.07) is 11.3. The Morgan fingerprint density at radius 1 is 1.00 bits per heavy atom. The monoisotopic (exact) mass is 793 g/mol. The number of nitrogens with zero attached hydrogens (tertiary/aromatic N) is 7. The van der Waals surface area contributed by atoms with Gasteiger partial charge in [-0.05, 0) is 86.6 Å². The largest absolute Gasteiger partial charge is 0.477 e. The van der Waals surface area contributed by atoms with Crippen LogP contribution < -0.4 is 15.4 Å². The molecule has 302 valence electrons. The number of pyridine rings is 1. The van der Waals surface area contributed by atoms with Crippen LogP contribution in [0.15, 0.2) is 48.7 Å². The molecule has 3 aliphatic heterocycles. The van der Waals surface area contributed by atoms with Crippen molar-refractivity contribution in [3.05, 3.63) is 88.2 Å². The lowest BCUT2D eigenvalue weighted by Crippen LogP contribution is -2.59. The number of nitrogens with one attached hydrogen (secondary N) is 2. The molecule has 0 unspecified atom stereocenters. The first-order valence-corrected chi connectivity index (χ1v) is 19.6. The fraction of sp³-hybridized carbons (Fsp3) is 0.405. The average molecular weight is 794 g/mol. The van der Waals surface area contributed by atoms with E-state index < -0.39 is 29.4 Å². The number of benzene rings is 2. The first-order valence-electron chi connectivity index (χ1n) is 19.6. The molecule has 4 amide bonds. The molecule has 58 heavy (non-hydrogen) atoms. The van der Waals surface area contributed by atoms with Crippen LogP contribution in [-0.2, 0) is 29.6 Å². The lowest BCUT2D eigenvalue weighted by molar-refractivity contribution is -0.134. The van der Waals surface area contributed by atoms with E-state index >= 15 is 8.78 Å². The van der Waals surface area contributed by atoms with Crippen LogP contribution in [0.4, 0.5) is 14.7 Å². The molecule has 2 atom stereocenters. The standard InChI is InChI=1S/C42H45F2N9O5/c1-23-6-5-13-58-41-30(19-45-51(41)4)34-17-27(14-24(2)46-34)38(55)49-42-47-33-9-7-26(18-35(33)53(42)20-23)40(57)50(3)28-21-52(22-28)12-11-25-15-31(43)37(32(44)16-25)29-8-10-36(54)48-39(29)56/h7,9,14-19,23,28-29H,5-6,8,10-13,20-22H2,1-4H3,(H,47,49,55)(H,48,54,56)/t23-,29-/m1/s1. The van der Waals surface area contributed by atoms with Crippen molar-refractivity contribution in [3.63, 3.8) is 0 Å². The maximum atomic E-state index is 15.1. The van der Waals surface area contributed by atoms with Gasteiger partial charge in [-0.2, -0.15) is 5.10 Å². The summed E-state index contributed by atoms with van der Waals surface area (Å²) in [4.78, 5) is 64.7. The zero-order chi connectivity index (χ0) is 40.8. The van der Waals surface area contributed by atoms with Crippen molar-refractivity contribution in [2.45, 2.75) is 64.5 Å². The third-order valence-corrected chi connectivity index (χ3v) is 11.4. The molecule has 6 heterocycles. The van der Waals surface area contributed by atoms with Gasteiger partial charge in [0.05, 0.1) is 47.1 Å². The number of imide groups is 1. The SMILES string of the molecule is Cc1cc2cc(n1)-c1cnn(C)c1OCCC[C@@H](C)Cn1c(nc3ccc(C(=O)N(C)C4CN(CCc5cc(F)c([C@H]6CCC(=O)NC6=O)c(F)c5)C4)cc31)NC2=O. The normalized spacial score (nSPS) is 19.2. The van der Waals surface area contributed by atoms with Gasteiger partial charge in [-0.1, -0.05) is 6.92 Å². The number of fused-ring (bicyclic) bond motifs is 7. The maximum absolute atomic E-state index is 15.1. The zero-order valence-corrected chi connectivity index (χ0v) is 32.8. The van der Waals surface area contributed by atoms with E-state index in [0.29, 0.717) is 90.2 Å². The number of anilines is 1. The van der Waals surface area contributed by atoms with Crippen LogP contribution in [0, 0.1) is 24.5 Å². The number of ether oxygens (including phenoxy) is 1. The summed E-state index contributed by atoms with van der Waals surface area (Å²) in [6.07, 6.45) is 3.79. The number of hydrogen-bond donors (Lipinski definition) is 2. The van der Waals surface area contributed by atoms with E-state index in [2.05, 4.69) is 32.5 Å². The second-order valence-corrected chi connectivity index (χ2v) is 15.7. The molecule has 8 rings (SSSR count). The van der Waals surface area contributed by atoms with Crippen molar-refractivity contribution >= 4 is 40.6 Å². The number of piperidine rings is 1. The fourth-order valence-corrected chi connectivity index (χ4v) is 8.13. The van der Waals surface area contributed by atoms with Crippen molar-refractivity contribution in [1.29, 1.82) is 0 Å². The lowest BCUT2D eigenvalue weighted by atomic mass is 9.89. The molecule has 3 aromatic heterocycles. The molecule has 5 aromatic rings.